The molecule has 0 aromatic heterocycles. The molecule has 2 aliphatic rings. The van der Waals surface area contributed by atoms with Crippen LogP contribution in [0.2, 0.25) is 0 Å². The Hall–Kier alpha value is -1.07. The van der Waals surface area contributed by atoms with Crippen molar-refractivity contribution < 1.29 is 4.79 Å². The molecule has 3 rings (SSSR count). The van der Waals surface area contributed by atoms with Gasteiger partial charge in [0.15, 0.2) is 5.11 Å². The normalized spacial score (nSPS) is 22.8. The van der Waals surface area contributed by atoms with Crippen LogP contribution in [0.1, 0.15) is 36.4 Å². The molecule has 1 heterocycles. The van der Waals surface area contributed by atoms with Crippen molar-refractivity contribution in [3.05, 3.63) is 35.4 Å². The lowest BCUT2D eigenvalue weighted by atomic mass is 9.99. The molecule has 2 atom stereocenters. The summed E-state index contributed by atoms with van der Waals surface area (Å²) in [6, 6.07) is 8.48. The number of carbonyl (C=O) groups is 1. The Morgan fingerprint density at radius 1 is 1.36 bits per heavy atom. The van der Waals surface area contributed by atoms with E-state index in [2.05, 4.69) is 42.8 Å². The van der Waals surface area contributed by atoms with Gasteiger partial charge < -0.3 is 5.32 Å². The van der Waals surface area contributed by atoms with Crippen molar-refractivity contribution in [3.8, 4) is 0 Å². The van der Waals surface area contributed by atoms with E-state index >= 15 is 0 Å². The van der Waals surface area contributed by atoms with E-state index in [4.69, 9.17) is 12.2 Å². The van der Waals surface area contributed by atoms with Gasteiger partial charge in [-0.25, -0.2) is 0 Å². The van der Waals surface area contributed by atoms with E-state index < -0.39 is 0 Å². The van der Waals surface area contributed by atoms with Gasteiger partial charge in [-0.2, -0.15) is 11.8 Å². The number of nitrogens with one attached hydrogen (secondary N) is 1. The number of benzene rings is 1. The summed E-state index contributed by atoms with van der Waals surface area (Å²) in [5.41, 5.74) is 2.45. The fraction of sp³-hybridized carbons (Fsp3) is 0.529. The number of thiocarbonyl (C=S) groups is 1. The minimum Gasteiger partial charge on any atom is -0.350 e. The molecule has 5 heteroatoms. The van der Waals surface area contributed by atoms with Gasteiger partial charge in [0.25, 0.3) is 5.91 Å². The third-order valence-corrected chi connectivity index (χ3v) is 5.39. The second kappa shape index (κ2) is 6.59. The largest absolute Gasteiger partial charge is 0.350 e. The van der Waals surface area contributed by atoms with E-state index in [0.29, 0.717) is 11.0 Å². The van der Waals surface area contributed by atoms with E-state index in [1.54, 1.807) is 11.8 Å². The molecule has 2 fully saturated rings. The van der Waals surface area contributed by atoms with Crippen LogP contribution in [0.3, 0.4) is 0 Å². The first-order chi connectivity index (χ1) is 10.6. The summed E-state index contributed by atoms with van der Waals surface area (Å²) < 4.78 is 0. The molecule has 0 radical (unpaired) electrons. The molecule has 3 nitrogen and oxygen atoms in total. The van der Waals surface area contributed by atoms with Crippen molar-refractivity contribution in [1.82, 2.24) is 10.2 Å². The highest BCUT2D eigenvalue weighted by Crippen LogP contribution is 2.45. The van der Waals surface area contributed by atoms with Crippen LogP contribution in [0.15, 0.2) is 24.3 Å². The summed E-state index contributed by atoms with van der Waals surface area (Å²) in [5.74, 6) is 1.67. The van der Waals surface area contributed by atoms with Crippen LogP contribution in [-0.4, -0.2) is 34.0 Å². The quantitative estimate of drug-likeness (QED) is 0.809. The SMILES string of the molecule is CSCCC1NC(=S)N(C(c2ccc(C)cc2)C2CC2)C1=O. The van der Waals surface area contributed by atoms with E-state index in [1.165, 1.54) is 24.0 Å². The summed E-state index contributed by atoms with van der Waals surface area (Å²) in [7, 11) is 0. The van der Waals surface area contributed by atoms with E-state index in [-0.39, 0.29) is 18.0 Å². The van der Waals surface area contributed by atoms with Crippen molar-refractivity contribution in [1.29, 1.82) is 0 Å². The fourth-order valence-corrected chi connectivity index (χ4v) is 3.87. The summed E-state index contributed by atoms with van der Waals surface area (Å²) in [5, 5.41) is 3.83. The second-order valence-electron chi connectivity index (χ2n) is 6.18. The van der Waals surface area contributed by atoms with Crippen molar-refractivity contribution in [2.24, 2.45) is 5.92 Å². The van der Waals surface area contributed by atoms with Crippen molar-refractivity contribution in [3.63, 3.8) is 0 Å². The predicted octanol–water partition coefficient (Wildman–Crippen LogP) is 3.28. The highest BCUT2D eigenvalue weighted by molar-refractivity contribution is 7.98. The maximum atomic E-state index is 12.8. The van der Waals surface area contributed by atoms with Crippen molar-refractivity contribution in [2.75, 3.05) is 12.0 Å². The number of hydrogen-bond donors (Lipinski definition) is 1. The zero-order chi connectivity index (χ0) is 15.7. The van der Waals surface area contributed by atoms with Crippen LogP contribution in [0.5, 0.6) is 0 Å². The Balaban J connectivity index is 1.84. The lowest BCUT2D eigenvalue weighted by Gasteiger charge is -2.27. The number of hydrogen-bond acceptors (Lipinski definition) is 3. The van der Waals surface area contributed by atoms with Crippen molar-refractivity contribution in [2.45, 2.75) is 38.3 Å². The van der Waals surface area contributed by atoms with Crippen LogP contribution in [0.25, 0.3) is 0 Å². The molecule has 1 saturated heterocycles. The molecule has 0 spiro atoms. The van der Waals surface area contributed by atoms with Gasteiger partial charge in [-0.3, -0.25) is 9.69 Å². The highest BCUT2D eigenvalue weighted by Gasteiger charge is 2.45. The maximum Gasteiger partial charge on any atom is 0.251 e. The first kappa shape index (κ1) is 15.8. The fourth-order valence-electron chi connectivity index (χ4n) is 3.05. The van der Waals surface area contributed by atoms with Crippen LogP contribution in [-0.2, 0) is 4.79 Å². The van der Waals surface area contributed by atoms with Crippen LogP contribution >= 0.6 is 24.0 Å². The van der Waals surface area contributed by atoms with Gasteiger partial charge in [-0.05, 0) is 61.9 Å². The molecule has 118 valence electrons. The van der Waals surface area contributed by atoms with Gasteiger partial charge in [0.2, 0.25) is 0 Å². The van der Waals surface area contributed by atoms with Gasteiger partial charge in [-0.15, -0.1) is 0 Å². The molecule has 1 aliphatic carbocycles. The first-order valence-corrected chi connectivity index (χ1v) is 9.61. The van der Waals surface area contributed by atoms with E-state index in [0.717, 1.165) is 12.2 Å². The number of nitrogens with zero attached hydrogens (tertiary/aromatic N) is 1. The number of carbonyl (C=O) groups excluding carboxylic acids is 1. The number of thioether (sulfide) groups is 1. The molecule has 1 aliphatic heterocycles. The van der Waals surface area contributed by atoms with Crippen LogP contribution in [0, 0.1) is 12.8 Å². The van der Waals surface area contributed by atoms with Gasteiger partial charge in [0.1, 0.15) is 6.04 Å². The third-order valence-electron chi connectivity index (χ3n) is 4.43. The predicted molar refractivity (Wildman–Crippen MR) is 96.0 cm³/mol. The summed E-state index contributed by atoms with van der Waals surface area (Å²) in [4.78, 5) is 14.7. The number of aryl methyl sites for hydroxylation is 1. The Morgan fingerprint density at radius 2 is 2.05 bits per heavy atom. The Morgan fingerprint density at radius 3 is 2.64 bits per heavy atom. The monoisotopic (exact) mass is 334 g/mol. The Bertz CT molecular complexity index is 569. The molecule has 1 amide bonds. The third kappa shape index (κ3) is 3.15. The first-order valence-electron chi connectivity index (χ1n) is 7.81. The van der Waals surface area contributed by atoms with Gasteiger partial charge in [-0.1, -0.05) is 29.8 Å². The molecule has 1 saturated carbocycles. The summed E-state index contributed by atoms with van der Waals surface area (Å²) >= 11 is 7.25. The van der Waals surface area contributed by atoms with E-state index in [9.17, 15) is 4.79 Å². The lowest BCUT2D eigenvalue weighted by Crippen LogP contribution is -2.36. The summed E-state index contributed by atoms with van der Waals surface area (Å²) in [6.07, 6.45) is 5.26. The molecule has 1 N–H and O–H groups in total. The highest BCUT2D eigenvalue weighted by atomic mass is 32.2. The Labute approximate surface area is 141 Å². The summed E-state index contributed by atoms with van der Waals surface area (Å²) in [6.45, 7) is 2.08. The van der Waals surface area contributed by atoms with Gasteiger partial charge in [0.05, 0.1) is 6.04 Å². The Kier molecular flexibility index (Phi) is 4.73. The van der Waals surface area contributed by atoms with Crippen molar-refractivity contribution >= 4 is 35.0 Å². The smallest absolute Gasteiger partial charge is 0.251 e. The second-order valence-corrected chi connectivity index (χ2v) is 7.56. The van der Waals surface area contributed by atoms with Crippen LogP contribution in [0.4, 0.5) is 0 Å². The molecule has 22 heavy (non-hydrogen) atoms. The standard InChI is InChI=1S/C17H22N2OS2/c1-11-3-5-12(6-4-11)15(13-7-8-13)19-16(20)14(9-10-22-2)18-17(19)21/h3-6,13-15H,7-10H2,1-2H3,(H,18,21). The minimum absolute atomic E-state index is 0.104. The lowest BCUT2D eigenvalue weighted by molar-refractivity contribution is -0.129. The zero-order valence-electron chi connectivity index (χ0n) is 13.0. The molecular weight excluding hydrogens is 312 g/mol. The number of amides is 1. The molecule has 1 aromatic carbocycles. The average molecular weight is 335 g/mol. The average Bonchev–Trinajstić information content (AvgIpc) is 3.29. The topological polar surface area (TPSA) is 32.3 Å². The van der Waals surface area contributed by atoms with Gasteiger partial charge >= 0.3 is 0 Å². The molecule has 1 aromatic rings. The van der Waals surface area contributed by atoms with Crippen LogP contribution < -0.4 is 5.32 Å². The molecular formula is C17H22N2OS2. The van der Waals surface area contributed by atoms with Gasteiger partial charge in [0, 0.05) is 0 Å². The molecule has 2 unspecified atom stereocenters. The molecule has 0 bridgehead atoms. The number of rotatable bonds is 6. The minimum atomic E-state index is -0.147. The zero-order valence-corrected chi connectivity index (χ0v) is 14.7. The maximum absolute atomic E-state index is 12.8. The van der Waals surface area contributed by atoms with E-state index in [1.807, 2.05) is 4.90 Å².